The van der Waals surface area contributed by atoms with Gasteiger partial charge in [0.05, 0.1) is 5.92 Å². The molecule has 0 spiro atoms. The molecule has 0 aromatic heterocycles. The van der Waals surface area contributed by atoms with Gasteiger partial charge < -0.3 is 10.2 Å². The standard InChI is InChI=1S/C27H27NO5/c29-23-18-21(17-16-19-10-4-1-5-11-19)24(25(30)20-12-6-2-7-13-20)27(31,26(23)28(32)33)22-14-8-3-9-15-22/h1-15,21,23-24,26,29,31H,16-18H2/t21-,23+,24-,26-,27+/m1/s1. The number of ketones is 1. The zero-order chi connectivity index (χ0) is 23.4. The minimum atomic E-state index is -2.16. The zero-order valence-corrected chi connectivity index (χ0v) is 18.2. The SMILES string of the molecule is O=C(c1ccccc1)[C@H]1[C@H](CCc2ccccc2)C[C@H](O)[C@@H]([N+](=O)[O-])[C@]1(O)c1ccccc1. The van der Waals surface area contributed by atoms with Crippen molar-refractivity contribution in [1.82, 2.24) is 0 Å². The molecule has 0 heterocycles. The number of nitrogens with zero attached hydrogens (tertiary/aromatic N) is 1. The molecule has 4 rings (SSSR count). The predicted molar refractivity (Wildman–Crippen MR) is 124 cm³/mol. The Kier molecular flexibility index (Phi) is 6.67. The third kappa shape index (κ3) is 4.45. The number of hydrogen-bond acceptors (Lipinski definition) is 5. The molecule has 5 atom stereocenters. The summed E-state index contributed by atoms with van der Waals surface area (Å²) in [5.74, 6) is -1.88. The summed E-state index contributed by atoms with van der Waals surface area (Å²) in [6.45, 7) is 0. The Labute approximate surface area is 192 Å². The van der Waals surface area contributed by atoms with Gasteiger partial charge in [-0.3, -0.25) is 14.9 Å². The zero-order valence-electron chi connectivity index (χ0n) is 18.2. The van der Waals surface area contributed by atoms with Crippen molar-refractivity contribution >= 4 is 5.78 Å². The number of nitro groups is 1. The van der Waals surface area contributed by atoms with Gasteiger partial charge in [0.15, 0.2) is 11.4 Å². The molecule has 3 aromatic carbocycles. The third-order valence-electron chi connectivity index (χ3n) is 6.76. The van der Waals surface area contributed by atoms with Gasteiger partial charge in [-0.1, -0.05) is 91.0 Å². The molecule has 1 fully saturated rings. The van der Waals surface area contributed by atoms with E-state index in [9.17, 15) is 25.1 Å². The second-order valence-corrected chi connectivity index (χ2v) is 8.72. The molecule has 1 saturated carbocycles. The van der Waals surface area contributed by atoms with Gasteiger partial charge in [0, 0.05) is 10.5 Å². The Bertz CT molecular complexity index is 1090. The van der Waals surface area contributed by atoms with Crippen LogP contribution in [0.2, 0.25) is 0 Å². The van der Waals surface area contributed by atoms with Crippen molar-refractivity contribution in [1.29, 1.82) is 0 Å². The second-order valence-electron chi connectivity index (χ2n) is 8.72. The van der Waals surface area contributed by atoms with Crippen LogP contribution in [0.3, 0.4) is 0 Å². The molecule has 0 saturated heterocycles. The fourth-order valence-electron chi connectivity index (χ4n) is 5.25. The van der Waals surface area contributed by atoms with E-state index in [4.69, 9.17) is 0 Å². The Morgan fingerprint density at radius 2 is 1.48 bits per heavy atom. The Morgan fingerprint density at radius 3 is 2.06 bits per heavy atom. The lowest BCUT2D eigenvalue weighted by Crippen LogP contribution is -2.63. The monoisotopic (exact) mass is 445 g/mol. The summed E-state index contributed by atoms with van der Waals surface area (Å²) in [7, 11) is 0. The topological polar surface area (TPSA) is 101 Å². The molecule has 0 radical (unpaired) electrons. The minimum absolute atomic E-state index is 0.0663. The molecule has 33 heavy (non-hydrogen) atoms. The number of Topliss-reactive ketones (excluding diaryl/α,β-unsaturated/α-hetero) is 1. The molecule has 1 aliphatic rings. The smallest absolute Gasteiger partial charge is 0.271 e. The predicted octanol–water partition coefficient (Wildman–Crippen LogP) is 4.03. The highest BCUT2D eigenvalue weighted by Gasteiger charge is 2.63. The maximum absolute atomic E-state index is 13.8. The van der Waals surface area contributed by atoms with Gasteiger partial charge in [-0.2, -0.15) is 0 Å². The lowest BCUT2D eigenvalue weighted by molar-refractivity contribution is -0.568. The first-order valence-corrected chi connectivity index (χ1v) is 11.2. The van der Waals surface area contributed by atoms with Crippen LogP contribution in [0.4, 0.5) is 0 Å². The van der Waals surface area contributed by atoms with Crippen molar-refractivity contribution in [2.45, 2.75) is 37.0 Å². The van der Waals surface area contributed by atoms with E-state index < -0.39 is 34.5 Å². The van der Waals surface area contributed by atoms with Gasteiger partial charge in [-0.25, -0.2) is 0 Å². The molecule has 0 bridgehead atoms. The number of aliphatic hydroxyl groups is 2. The van der Waals surface area contributed by atoms with Crippen LogP contribution < -0.4 is 0 Å². The third-order valence-corrected chi connectivity index (χ3v) is 6.76. The number of aliphatic hydroxyl groups excluding tert-OH is 1. The van der Waals surface area contributed by atoms with Crippen molar-refractivity contribution in [3.05, 3.63) is 118 Å². The summed E-state index contributed by atoms with van der Waals surface area (Å²) in [5.41, 5.74) is -0.432. The van der Waals surface area contributed by atoms with Crippen molar-refractivity contribution in [2.75, 3.05) is 0 Å². The molecule has 0 aliphatic heterocycles. The number of rotatable bonds is 7. The van der Waals surface area contributed by atoms with Crippen LogP contribution in [-0.2, 0) is 12.0 Å². The number of carbonyl (C=O) groups is 1. The molecular weight excluding hydrogens is 418 g/mol. The van der Waals surface area contributed by atoms with Crippen LogP contribution in [0.25, 0.3) is 0 Å². The lowest BCUT2D eigenvalue weighted by Gasteiger charge is -2.47. The summed E-state index contributed by atoms with van der Waals surface area (Å²) in [4.78, 5) is 25.3. The van der Waals surface area contributed by atoms with E-state index in [0.717, 1.165) is 5.56 Å². The Morgan fingerprint density at radius 1 is 0.939 bits per heavy atom. The van der Waals surface area contributed by atoms with E-state index >= 15 is 0 Å². The van der Waals surface area contributed by atoms with Gasteiger partial charge in [-0.15, -0.1) is 0 Å². The highest BCUT2D eigenvalue weighted by atomic mass is 16.6. The quantitative estimate of drug-likeness (QED) is 0.325. The average Bonchev–Trinajstić information content (AvgIpc) is 2.83. The Hall–Kier alpha value is -3.35. The van der Waals surface area contributed by atoms with Crippen LogP contribution >= 0.6 is 0 Å². The Balaban J connectivity index is 1.82. The van der Waals surface area contributed by atoms with E-state index in [1.54, 1.807) is 60.7 Å². The normalized spacial score (nSPS) is 27.1. The number of carbonyl (C=O) groups excluding carboxylic acids is 1. The molecule has 2 N–H and O–H groups in total. The lowest BCUT2D eigenvalue weighted by atomic mass is 9.59. The van der Waals surface area contributed by atoms with Crippen molar-refractivity contribution in [3.8, 4) is 0 Å². The summed E-state index contributed by atoms with van der Waals surface area (Å²) in [6, 6.07) is 24.9. The van der Waals surface area contributed by atoms with E-state index in [1.165, 1.54) is 0 Å². The van der Waals surface area contributed by atoms with Crippen molar-refractivity contribution in [2.24, 2.45) is 11.8 Å². The number of hydrogen-bond donors (Lipinski definition) is 2. The molecule has 0 unspecified atom stereocenters. The maximum atomic E-state index is 13.8. The molecule has 6 nitrogen and oxygen atoms in total. The van der Waals surface area contributed by atoms with E-state index in [1.807, 2.05) is 30.3 Å². The van der Waals surface area contributed by atoms with E-state index in [0.29, 0.717) is 18.4 Å². The van der Waals surface area contributed by atoms with Gasteiger partial charge in [-0.05, 0) is 36.3 Å². The maximum Gasteiger partial charge on any atom is 0.271 e. The summed E-state index contributed by atoms with van der Waals surface area (Å²) in [6.07, 6.45) is -0.184. The molecule has 3 aromatic rings. The summed E-state index contributed by atoms with van der Waals surface area (Å²) < 4.78 is 0. The van der Waals surface area contributed by atoms with Gasteiger partial charge >= 0.3 is 0 Å². The first-order chi connectivity index (χ1) is 15.9. The summed E-state index contributed by atoms with van der Waals surface area (Å²) >= 11 is 0. The first kappa shape index (κ1) is 22.8. The van der Waals surface area contributed by atoms with Crippen molar-refractivity contribution < 1.29 is 19.9 Å². The fourth-order valence-corrected chi connectivity index (χ4v) is 5.25. The average molecular weight is 446 g/mol. The highest BCUT2D eigenvalue weighted by Crippen LogP contribution is 2.49. The molecular formula is C27H27NO5. The van der Waals surface area contributed by atoms with Crippen LogP contribution in [0.5, 0.6) is 0 Å². The number of aryl methyl sites for hydroxylation is 1. The van der Waals surface area contributed by atoms with Gasteiger partial charge in [0.25, 0.3) is 6.04 Å². The van der Waals surface area contributed by atoms with Crippen LogP contribution in [0, 0.1) is 22.0 Å². The molecule has 170 valence electrons. The fraction of sp³-hybridized carbons (Fsp3) is 0.296. The van der Waals surface area contributed by atoms with Crippen LogP contribution in [0.15, 0.2) is 91.0 Å². The number of benzene rings is 3. The van der Waals surface area contributed by atoms with Crippen LogP contribution in [-0.4, -0.2) is 33.1 Å². The molecule has 0 amide bonds. The highest BCUT2D eigenvalue weighted by molar-refractivity contribution is 5.99. The largest absolute Gasteiger partial charge is 0.386 e. The van der Waals surface area contributed by atoms with Crippen LogP contribution in [0.1, 0.15) is 34.3 Å². The summed E-state index contributed by atoms with van der Waals surface area (Å²) in [5, 5.41) is 35.1. The van der Waals surface area contributed by atoms with E-state index in [2.05, 4.69) is 0 Å². The molecule has 6 heteroatoms. The molecule has 1 aliphatic carbocycles. The van der Waals surface area contributed by atoms with E-state index in [-0.39, 0.29) is 17.8 Å². The van der Waals surface area contributed by atoms with Gasteiger partial charge in [0.1, 0.15) is 6.10 Å². The van der Waals surface area contributed by atoms with Gasteiger partial charge in [0.2, 0.25) is 0 Å². The minimum Gasteiger partial charge on any atom is -0.386 e. The second kappa shape index (κ2) is 9.65. The first-order valence-electron chi connectivity index (χ1n) is 11.2. The van der Waals surface area contributed by atoms with Crippen molar-refractivity contribution in [3.63, 3.8) is 0 Å².